The van der Waals surface area contributed by atoms with Gasteiger partial charge in [-0.3, -0.25) is 0 Å². The second-order valence-corrected chi connectivity index (χ2v) is 6.57. The van der Waals surface area contributed by atoms with Crippen molar-refractivity contribution in [3.63, 3.8) is 0 Å². The van der Waals surface area contributed by atoms with Gasteiger partial charge in [-0.2, -0.15) is 0 Å². The van der Waals surface area contributed by atoms with Gasteiger partial charge < -0.3 is 15.7 Å². The van der Waals surface area contributed by atoms with Crippen LogP contribution in [0.2, 0.25) is 0 Å². The van der Waals surface area contributed by atoms with E-state index in [-0.39, 0.29) is 5.92 Å². The number of rotatable bonds is 4. The van der Waals surface area contributed by atoms with E-state index in [1.165, 1.54) is 0 Å². The molecule has 1 atom stereocenters. The maximum absolute atomic E-state index is 12.0. The number of halogens is 1. The molecule has 114 valence electrons. The Hall–Kier alpha value is -1.31. The lowest BCUT2D eigenvalue weighted by Crippen LogP contribution is -2.48. The third-order valence-corrected chi connectivity index (χ3v) is 4.43. The molecular formula is C15H19IN2O3. The van der Waals surface area contributed by atoms with Crippen molar-refractivity contribution in [2.75, 3.05) is 5.32 Å². The topological polar surface area (TPSA) is 78.4 Å². The highest BCUT2D eigenvalue weighted by atomic mass is 127. The highest BCUT2D eigenvalue weighted by molar-refractivity contribution is 14.1. The van der Waals surface area contributed by atoms with Crippen LogP contribution in [-0.2, 0) is 4.79 Å². The predicted molar refractivity (Wildman–Crippen MR) is 89.3 cm³/mol. The molecule has 1 saturated carbocycles. The van der Waals surface area contributed by atoms with E-state index in [9.17, 15) is 14.7 Å². The van der Waals surface area contributed by atoms with E-state index >= 15 is 0 Å². The van der Waals surface area contributed by atoms with Crippen LogP contribution in [0, 0.1) is 9.49 Å². The standard InChI is InChI=1S/C15H19IN2O3/c16-11-7-4-8-12(9-11)17-15(21)18-13(14(19)20)10-5-2-1-3-6-10/h4,7-10,13H,1-3,5-6H2,(H,19,20)(H2,17,18,21). The van der Waals surface area contributed by atoms with Gasteiger partial charge in [0.1, 0.15) is 6.04 Å². The largest absolute Gasteiger partial charge is 0.480 e. The van der Waals surface area contributed by atoms with Crippen LogP contribution >= 0.6 is 22.6 Å². The number of carbonyl (C=O) groups excluding carboxylic acids is 1. The number of hydrogen-bond donors (Lipinski definition) is 3. The third-order valence-electron chi connectivity index (χ3n) is 3.76. The summed E-state index contributed by atoms with van der Waals surface area (Å²) in [4.78, 5) is 23.4. The molecule has 0 aromatic heterocycles. The number of carbonyl (C=O) groups is 2. The van der Waals surface area contributed by atoms with Crippen LogP contribution in [0.1, 0.15) is 32.1 Å². The van der Waals surface area contributed by atoms with Gasteiger partial charge in [-0.25, -0.2) is 9.59 Å². The van der Waals surface area contributed by atoms with Gasteiger partial charge in [-0.15, -0.1) is 0 Å². The number of benzene rings is 1. The Morgan fingerprint density at radius 1 is 1.24 bits per heavy atom. The average Bonchev–Trinajstić information content (AvgIpc) is 2.45. The number of carboxylic acid groups (broad SMARTS) is 1. The van der Waals surface area contributed by atoms with Gasteiger partial charge in [0.15, 0.2) is 0 Å². The van der Waals surface area contributed by atoms with E-state index < -0.39 is 18.0 Å². The van der Waals surface area contributed by atoms with Crippen molar-refractivity contribution >= 4 is 40.3 Å². The van der Waals surface area contributed by atoms with Gasteiger partial charge in [0.2, 0.25) is 0 Å². The zero-order valence-electron chi connectivity index (χ0n) is 11.6. The van der Waals surface area contributed by atoms with Crippen molar-refractivity contribution in [1.82, 2.24) is 5.32 Å². The van der Waals surface area contributed by atoms with Gasteiger partial charge in [-0.05, 0) is 59.5 Å². The quantitative estimate of drug-likeness (QED) is 0.676. The summed E-state index contributed by atoms with van der Waals surface area (Å²) in [5, 5.41) is 14.6. The minimum absolute atomic E-state index is 0.0258. The second kappa shape index (κ2) is 7.63. The van der Waals surface area contributed by atoms with Gasteiger partial charge in [0.25, 0.3) is 0 Å². The molecular weight excluding hydrogens is 383 g/mol. The number of nitrogens with one attached hydrogen (secondary N) is 2. The minimum atomic E-state index is -0.959. The number of aliphatic carboxylic acids is 1. The summed E-state index contributed by atoms with van der Waals surface area (Å²) in [6.45, 7) is 0. The first kappa shape index (κ1) is 16.1. The first-order chi connectivity index (χ1) is 10.1. The monoisotopic (exact) mass is 402 g/mol. The molecule has 3 N–H and O–H groups in total. The third kappa shape index (κ3) is 4.87. The molecule has 0 spiro atoms. The molecule has 1 aliphatic rings. The lowest BCUT2D eigenvalue weighted by atomic mass is 9.84. The molecule has 1 fully saturated rings. The van der Waals surface area contributed by atoms with Crippen molar-refractivity contribution in [2.24, 2.45) is 5.92 Å². The van der Waals surface area contributed by atoms with E-state index in [0.717, 1.165) is 35.7 Å². The summed E-state index contributed by atoms with van der Waals surface area (Å²) >= 11 is 2.16. The Bertz CT molecular complexity index is 515. The van der Waals surface area contributed by atoms with Gasteiger partial charge >= 0.3 is 12.0 Å². The molecule has 21 heavy (non-hydrogen) atoms. The zero-order chi connectivity index (χ0) is 15.2. The van der Waals surface area contributed by atoms with Crippen LogP contribution in [0.25, 0.3) is 0 Å². The van der Waals surface area contributed by atoms with E-state index in [1.54, 1.807) is 6.07 Å². The van der Waals surface area contributed by atoms with E-state index in [4.69, 9.17) is 0 Å². The van der Waals surface area contributed by atoms with Crippen LogP contribution in [0.4, 0.5) is 10.5 Å². The van der Waals surface area contributed by atoms with Crippen LogP contribution in [0.15, 0.2) is 24.3 Å². The first-order valence-corrected chi connectivity index (χ1v) is 8.20. The van der Waals surface area contributed by atoms with E-state index in [1.807, 2.05) is 18.2 Å². The number of hydrogen-bond acceptors (Lipinski definition) is 2. The number of anilines is 1. The molecule has 0 saturated heterocycles. The van der Waals surface area contributed by atoms with Crippen LogP contribution in [0.5, 0.6) is 0 Å². The Balaban J connectivity index is 1.96. The highest BCUT2D eigenvalue weighted by Gasteiger charge is 2.30. The molecule has 0 radical (unpaired) electrons. The van der Waals surface area contributed by atoms with Crippen LogP contribution < -0.4 is 10.6 Å². The van der Waals surface area contributed by atoms with Gasteiger partial charge in [0.05, 0.1) is 0 Å². The minimum Gasteiger partial charge on any atom is -0.480 e. The van der Waals surface area contributed by atoms with E-state index in [2.05, 4.69) is 33.2 Å². The zero-order valence-corrected chi connectivity index (χ0v) is 13.8. The highest BCUT2D eigenvalue weighted by Crippen LogP contribution is 2.26. The smallest absolute Gasteiger partial charge is 0.326 e. The number of carboxylic acids is 1. The van der Waals surface area contributed by atoms with Crippen molar-refractivity contribution < 1.29 is 14.7 Å². The fourth-order valence-corrected chi connectivity index (χ4v) is 3.27. The van der Waals surface area contributed by atoms with Crippen molar-refractivity contribution in [1.29, 1.82) is 0 Å². The maximum Gasteiger partial charge on any atom is 0.326 e. The number of amides is 2. The normalized spacial score (nSPS) is 17.0. The molecule has 0 aliphatic heterocycles. The SMILES string of the molecule is O=C(Nc1cccc(I)c1)NC(C(=O)O)C1CCCCC1. The lowest BCUT2D eigenvalue weighted by Gasteiger charge is -2.28. The molecule has 1 unspecified atom stereocenters. The van der Waals surface area contributed by atoms with E-state index in [0.29, 0.717) is 5.69 Å². The molecule has 2 amide bonds. The summed E-state index contributed by atoms with van der Waals surface area (Å²) in [6.07, 6.45) is 4.95. The second-order valence-electron chi connectivity index (χ2n) is 5.32. The van der Waals surface area contributed by atoms with Crippen LogP contribution in [-0.4, -0.2) is 23.1 Å². The average molecular weight is 402 g/mol. The molecule has 2 rings (SSSR count). The van der Waals surface area contributed by atoms with Crippen LogP contribution in [0.3, 0.4) is 0 Å². The summed E-state index contributed by atoms with van der Waals surface area (Å²) in [7, 11) is 0. The fourth-order valence-electron chi connectivity index (χ4n) is 2.72. The summed E-state index contributed by atoms with van der Waals surface area (Å²) < 4.78 is 1.01. The molecule has 0 bridgehead atoms. The van der Waals surface area contributed by atoms with Crippen molar-refractivity contribution in [3.05, 3.63) is 27.8 Å². The Kier molecular flexibility index (Phi) is 5.84. The maximum atomic E-state index is 12.0. The fraction of sp³-hybridized carbons (Fsp3) is 0.467. The summed E-state index contributed by atoms with van der Waals surface area (Å²) in [5.74, 6) is -0.933. The summed E-state index contributed by atoms with van der Waals surface area (Å²) in [6, 6.07) is 6.09. The van der Waals surface area contributed by atoms with Gasteiger partial charge in [-0.1, -0.05) is 25.3 Å². The van der Waals surface area contributed by atoms with Gasteiger partial charge in [0, 0.05) is 9.26 Å². The molecule has 5 nitrogen and oxygen atoms in total. The Labute approximate surface area is 137 Å². The van der Waals surface area contributed by atoms with Crippen molar-refractivity contribution in [2.45, 2.75) is 38.1 Å². The molecule has 0 heterocycles. The Morgan fingerprint density at radius 3 is 2.57 bits per heavy atom. The summed E-state index contributed by atoms with van der Waals surface area (Å²) in [5.41, 5.74) is 0.659. The Morgan fingerprint density at radius 2 is 1.95 bits per heavy atom. The molecule has 6 heteroatoms. The predicted octanol–water partition coefficient (Wildman–Crippen LogP) is 3.45. The molecule has 1 aromatic rings. The lowest BCUT2D eigenvalue weighted by molar-refractivity contribution is -0.141. The van der Waals surface area contributed by atoms with Crippen molar-refractivity contribution in [3.8, 4) is 0 Å². The molecule has 1 aromatic carbocycles. The molecule has 1 aliphatic carbocycles. The number of urea groups is 1. The first-order valence-electron chi connectivity index (χ1n) is 7.12.